The van der Waals surface area contributed by atoms with Crippen LogP contribution in [0, 0.1) is 5.92 Å². The van der Waals surface area contributed by atoms with Crippen molar-refractivity contribution in [3.63, 3.8) is 0 Å². The van der Waals surface area contributed by atoms with Crippen molar-refractivity contribution >= 4 is 11.8 Å². The monoisotopic (exact) mass is 544 g/mol. The summed E-state index contributed by atoms with van der Waals surface area (Å²) in [5, 5.41) is 3.83. The van der Waals surface area contributed by atoms with Crippen LogP contribution in [0.25, 0.3) is 0 Å². The van der Waals surface area contributed by atoms with E-state index in [2.05, 4.69) is 14.8 Å². The van der Waals surface area contributed by atoms with Gasteiger partial charge in [0, 0.05) is 11.1 Å². The van der Waals surface area contributed by atoms with Gasteiger partial charge in [-0.15, -0.1) is 26.3 Å². The van der Waals surface area contributed by atoms with E-state index in [9.17, 15) is 49.1 Å². The first-order valence-electron chi connectivity index (χ1n) is 10.4. The summed E-state index contributed by atoms with van der Waals surface area (Å²) < 4.78 is 125. The van der Waals surface area contributed by atoms with E-state index in [0.717, 1.165) is 36.4 Å². The summed E-state index contributed by atoms with van der Waals surface area (Å²) in [4.78, 5) is 25.2. The fourth-order valence-corrected chi connectivity index (χ4v) is 3.74. The lowest BCUT2D eigenvalue weighted by atomic mass is 9.91. The van der Waals surface area contributed by atoms with Gasteiger partial charge < -0.3 is 20.1 Å². The smallest absolute Gasteiger partial charge is 0.405 e. The molecule has 0 bridgehead atoms. The molecule has 2 unspecified atom stereocenters. The Morgan fingerprint density at radius 3 is 1.68 bits per heavy atom. The number of hydrogen-bond donors (Lipinski definition) is 2. The summed E-state index contributed by atoms with van der Waals surface area (Å²) in [5.74, 6) is -6.00. The highest BCUT2D eigenvalue weighted by atomic mass is 19.4. The van der Waals surface area contributed by atoms with Crippen LogP contribution in [0.1, 0.15) is 30.0 Å². The molecule has 2 amide bonds. The highest BCUT2D eigenvalue weighted by molar-refractivity contribution is 6.01. The Morgan fingerprint density at radius 1 is 0.811 bits per heavy atom. The van der Waals surface area contributed by atoms with Crippen molar-refractivity contribution in [2.75, 3.05) is 0 Å². The zero-order valence-corrected chi connectivity index (χ0v) is 18.3. The number of alkyl halides is 9. The van der Waals surface area contributed by atoms with Crippen LogP contribution in [0.5, 0.6) is 11.5 Å². The van der Waals surface area contributed by atoms with Gasteiger partial charge in [-0.25, -0.2) is 0 Å². The Bertz CT molecular complexity index is 1070. The van der Waals surface area contributed by atoms with E-state index < -0.39 is 84.2 Å². The minimum atomic E-state index is -5.22. The highest BCUT2D eigenvalue weighted by Gasteiger charge is 2.46. The number of rotatable bonds is 6. The Labute approximate surface area is 202 Å². The van der Waals surface area contributed by atoms with E-state index in [0.29, 0.717) is 0 Å². The molecule has 3 rings (SSSR count). The molecule has 6 nitrogen and oxygen atoms in total. The van der Waals surface area contributed by atoms with Crippen molar-refractivity contribution in [3.8, 4) is 11.5 Å². The molecule has 0 saturated carbocycles. The summed E-state index contributed by atoms with van der Waals surface area (Å²) >= 11 is 0. The molecule has 1 fully saturated rings. The molecule has 2 N–H and O–H groups in total. The van der Waals surface area contributed by atoms with Crippen LogP contribution in [-0.4, -0.2) is 36.8 Å². The molecule has 0 aromatic heterocycles. The van der Waals surface area contributed by atoms with E-state index in [1.54, 1.807) is 5.32 Å². The van der Waals surface area contributed by atoms with Gasteiger partial charge in [0.15, 0.2) is 0 Å². The Hall–Kier alpha value is -3.65. The van der Waals surface area contributed by atoms with Crippen molar-refractivity contribution in [3.05, 3.63) is 59.7 Å². The zero-order chi connectivity index (χ0) is 27.6. The van der Waals surface area contributed by atoms with Gasteiger partial charge in [-0.3, -0.25) is 9.59 Å². The van der Waals surface area contributed by atoms with Gasteiger partial charge >= 0.3 is 18.9 Å². The van der Waals surface area contributed by atoms with Crippen LogP contribution in [0.4, 0.5) is 39.5 Å². The summed E-state index contributed by atoms with van der Waals surface area (Å²) in [5.41, 5.74) is -0.924. The second kappa shape index (κ2) is 10.4. The first-order valence-corrected chi connectivity index (χ1v) is 10.4. The van der Waals surface area contributed by atoms with Crippen molar-refractivity contribution in [2.24, 2.45) is 5.92 Å². The van der Waals surface area contributed by atoms with E-state index in [1.807, 2.05) is 0 Å². The molecule has 1 aliphatic rings. The molecule has 15 heteroatoms. The van der Waals surface area contributed by atoms with Gasteiger partial charge in [-0.2, -0.15) is 13.2 Å². The van der Waals surface area contributed by atoms with Crippen LogP contribution in [-0.2, 0) is 9.59 Å². The maximum atomic E-state index is 13.0. The van der Waals surface area contributed by atoms with Gasteiger partial charge in [0.2, 0.25) is 11.8 Å². The number of ether oxygens (including phenoxy) is 2. The number of hydrogen-bond acceptors (Lipinski definition) is 4. The van der Waals surface area contributed by atoms with Crippen molar-refractivity contribution in [2.45, 2.75) is 43.8 Å². The van der Waals surface area contributed by atoms with Gasteiger partial charge in [0.1, 0.15) is 23.5 Å². The normalized spacial score (nSPS) is 18.8. The molecule has 0 radical (unpaired) electrons. The number of benzene rings is 2. The minimum absolute atomic E-state index is 0.462. The second-order valence-corrected chi connectivity index (χ2v) is 7.85. The van der Waals surface area contributed by atoms with Crippen LogP contribution >= 0.6 is 0 Å². The Kier molecular flexibility index (Phi) is 7.83. The summed E-state index contributed by atoms with van der Waals surface area (Å²) in [6, 6.07) is 4.43. The predicted octanol–water partition coefficient (Wildman–Crippen LogP) is 5.15. The molecule has 0 spiro atoms. The molecule has 1 aliphatic heterocycles. The second-order valence-electron chi connectivity index (χ2n) is 7.85. The average Bonchev–Trinajstić information content (AvgIpc) is 2.75. The maximum absolute atomic E-state index is 13.0. The van der Waals surface area contributed by atoms with E-state index in [1.165, 1.54) is 12.1 Å². The van der Waals surface area contributed by atoms with Crippen LogP contribution in [0.15, 0.2) is 48.5 Å². The fraction of sp³-hybridized carbons (Fsp3) is 0.364. The standard InChI is InChI=1S/C22H17F9N2O4/c23-20(24,25)16-10-9-13(18(34)32-16)19(35)33-17(11-5-1-3-7-14(11)36-21(26,27)28)12-6-2-4-8-15(12)37-22(29,30)31/h1-8,13,16-17H,9-10H2,(H,32,34)(H,33,35). The molecule has 2 aromatic carbocycles. The molecule has 2 atom stereocenters. The molecule has 0 aliphatic carbocycles. The van der Waals surface area contributed by atoms with Gasteiger partial charge in [0.25, 0.3) is 0 Å². The number of carbonyl (C=O) groups is 2. The highest BCUT2D eigenvalue weighted by Crippen LogP contribution is 2.39. The molecule has 37 heavy (non-hydrogen) atoms. The lowest BCUT2D eigenvalue weighted by Crippen LogP contribution is -2.54. The third kappa shape index (κ3) is 7.43. The number of amides is 2. The largest absolute Gasteiger partial charge is 0.573 e. The quantitative estimate of drug-likeness (QED) is 0.390. The van der Waals surface area contributed by atoms with E-state index in [-0.39, 0.29) is 0 Å². The first kappa shape index (κ1) is 27.9. The lowest BCUT2D eigenvalue weighted by Gasteiger charge is -2.31. The predicted molar refractivity (Wildman–Crippen MR) is 107 cm³/mol. The molecular formula is C22H17F9N2O4. The van der Waals surface area contributed by atoms with Crippen molar-refractivity contribution < 1.29 is 58.6 Å². The molecule has 1 heterocycles. The molecule has 1 saturated heterocycles. The number of halogens is 9. The zero-order valence-electron chi connectivity index (χ0n) is 18.3. The van der Waals surface area contributed by atoms with E-state index >= 15 is 0 Å². The number of carbonyl (C=O) groups excluding carboxylic acids is 2. The number of para-hydroxylation sites is 2. The summed E-state index contributed by atoms with van der Waals surface area (Å²) in [6.45, 7) is 0. The third-order valence-corrected chi connectivity index (χ3v) is 5.29. The average molecular weight is 544 g/mol. The van der Waals surface area contributed by atoms with Crippen molar-refractivity contribution in [1.29, 1.82) is 0 Å². The molecule has 2 aromatic rings. The fourth-order valence-electron chi connectivity index (χ4n) is 3.74. The van der Waals surface area contributed by atoms with Gasteiger partial charge in [0.05, 0.1) is 6.04 Å². The van der Waals surface area contributed by atoms with E-state index in [4.69, 9.17) is 0 Å². The number of nitrogens with one attached hydrogen (secondary N) is 2. The minimum Gasteiger partial charge on any atom is -0.405 e. The maximum Gasteiger partial charge on any atom is 0.573 e. The number of piperidine rings is 1. The Balaban J connectivity index is 2.02. The van der Waals surface area contributed by atoms with Crippen LogP contribution in [0.3, 0.4) is 0 Å². The summed E-state index contributed by atoms with van der Waals surface area (Å²) in [6.07, 6.45) is -16.5. The first-order chi connectivity index (χ1) is 17.0. The topological polar surface area (TPSA) is 76.7 Å². The molecule has 202 valence electrons. The SMILES string of the molecule is O=C(NC(c1ccccc1OC(F)(F)F)c1ccccc1OC(F)(F)F)C1CCC(C(F)(F)F)NC1=O. The van der Waals surface area contributed by atoms with Gasteiger partial charge in [-0.05, 0) is 25.0 Å². The van der Waals surface area contributed by atoms with Gasteiger partial charge in [-0.1, -0.05) is 36.4 Å². The summed E-state index contributed by atoms with van der Waals surface area (Å²) in [7, 11) is 0. The van der Waals surface area contributed by atoms with Crippen molar-refractivity contribution in [1.82, 2.24) is 10.6 Å². The lowest BCUT2D eigenvalue weighted by molar-refractivity contribution is -0.275. The van der Waals surface area contributed by atoms with Crippen LogP contribution < -0.4 is 20.1 Å². The Morgan fingerprint density at radius 2 is 1.27 bits per heavy atom. The van der Waals surface area contributed by atoms with Crippen LogP contribution in [0.2, 0.25) is 0 Å². The third-order valence-electron chi connectivity index (χ3n) is 5.29. The molecular weight excluding hydrogens is 527 g/mol.